The maximum atomic E-state index is 11.8. The third-order valence-electron chi connectivity index (χ3n) is 3.86. The Morgan fingerprint density at radius 2 is 1.86 bits per heavy atom. The lowest BCUT2D eigenvalue weighted by atomic mass is 9.91. The molecule has 0 heterocycles. The zero-order valence-corrected chi connectivity index (χ0v) is 12.2. The highest BCUT2D eigenvalue weighted by molar-refractivity contribution is 5.59. The summed E-state index contributed by atoms with van der Waals surface area (Å²) in [7, 11) is 0. The Labute approximate surface area is 127 Å². The van der Waals surface area contributed by atoms with Crippen molar-refractivity contribution in [1.29, 1.82) is 0 Å². The largest absolute Gasteiger partial charge is 0.577 e. The van der Waals surface area contributed by atoms with Gasteiger partial charge in [-0.15, -0.1) is 13.2 Å². The Morgan fingerprint density at radius 1 is 1.18 bits per heavy atom. The minimum Gasteiger partial charge on any atom is -0.434 e. The number of hydrogen-bond acceptors (Lipinski definition) is 3. The van der Waals surface area contributed by atoms with Gasteiger partial charge < -0.3 is 9.47 Å². The van der Waals surface area contributed by atoms with Crippen LogP contribution in [0.4, 0.5) is 18.0 Å². The van der Waals surface area contributed by atoms with Gasteiger partial charge in [0.2, 0.25) is 0 Å². The molecule has 1 aromatic carbocycles. The second kappa shape index (κ2) is 7.51. The monoisotopic (exact) mass is 316 g/mol. The average molecular weight is 316 g/mol. The Bertz CT molecular complexity index is 494. The molecule has 6 heteroatoms. The first-order valence-electron chi connectivity index (χ1n) is 7.46. The Balaban J connectivity index is 1.79. The van der Waals surface area contributed by atoms with Crippen LogP contribution in [0.15, 0.2) is 24.3 Å². The van der Waals surface area contributed by atoms with E-state index in [2.05, 4.69) is 15.5 Å². The van der Waals surface area contributed by atoms with Gasteiger partial charge in [-0.1, -0.05) is 37.1 Å². The van der Waals surface area contributed by atoms with Crippen LogP contribution in [0.3, 0.4) is 0 Å². The van der Waals surface area contributed by atoms with Crippen molar-refractivity contribution >= 4 is 6.16 Å². The molecule has 2 rings (SSSR count). The van der Waals surface area contributed by atoms with Crippen LogP contribution in [0.1, 0.15) is 49.1 Å². The number of alkyl halides is 3. The maximum Gasteiger partial charge on any atom is 0.577 e. The first-order valence-corrected chi connectivity index (χ1v) is 7.46. The second-order valence-electron chi connectivity index (χ2n) is 5.43. The van der Waals surface area contributed by atoms with Gasteiger partial charge in [-0.2, -0.15) is 0 Å². The lowest BCUT2D eigenvalue weighted by Gasteiger charge is -2.15. The van der Waals surface area contributed by atoms with E-state index in [4.69, 9.17) is 0 Å². The molecule has 1 aromatic rings. The van der Waals surface area contributed by atoms with Crippen molar-refractivity contribution < 1.29 is 27.4 Å². The zero-order valence-electron chi connectivity index (χ0n) is 12.2. The lowest BCUT2D eigenvalue weighted by Crippen LogP contribution is -2.20. The summed E-state index contributed by atoms with van der Waals surface area (Å²) in [5.74, 6) is 0.576. The van der Waals surface area contributed by atoms with Crippen LogP contribution in [-0.2, 0) is 15.9 Å². The van der Waals surface area contributed by atoms with Gasteiger partial charge >= 0.3 is 12.5 Å². The van der Waals surface area contributed by atoms with E-state index in [1.165, 1.54) is 36.8 Å². The summed E-state index contributed by atoms with van der Waals surface area (Å²) >= 11 is 0. The van der Waals surface area contributed by atoms with Crippen molar-refractivity contribution in [2.45, 2.75) is 50.8 Å². The van der Waals surface area contributed by atoms with E-state index in [0.717, 1.165) is 0 Å². The zero-order chi connectivity index (χ0) is 16.0. The van der Waals surface area contributed by atoms with Gasteiger partial charge in [0.1, 0.15) is 0 Å². The van der Waals surface area contributed by atoms with Crippen LogP contribution in [0, 0.1) is 0 Å². The van der Waals surface area contributed by atoms with Crippen LogP contribution in [0.25, 0.3) is 0 Å². The smallest absolute Gasteiger partial charge is 0.434 e. The van der Waals surface area contributed by atoms with Crippen LogP contribution < -0.4 is 0 Å². The predicted molar refractivity (Wildman–Crippen MR) is 74.5 cm³/mol. The summed E-state index contributed by atoms with van der Waals surface area (Å²) in [5.41, 5.74) is 2.50. The van der Waals surface area contributed by atoms with Gasteiger partial charge in [-0.25, -0.2) is 4.79 Å². The minimum atomic E-state index is -4.99. The van der Waals surface area contributed by atoms with Gasteiger partial charge in [0.25, 0.3) is 0 Å². The molecule has 0 saturated heterocycles. The van der Waals surface area contributed by atoms with Gasteiger partial charge in [0.05, 0.1) is 6.61 Å². The number of carbonyl (C=O) groups excluding carboxylic acids is 1. The molecule has 0 atom stereocenters. The first-order chi connectivity index (χ1) is 10.5. The van der Waals surface area contributed by atoms with Crippen molar-refractivity contribution in [1.82, 2.24) is 0 Å². The molecule has 1 aliphatic rings. The minimum absolute atomic E-state index is 0.0894. The van der Waals surface area contributed by atoms with E-state index in [1.807, 2.05) is 18.2 Å². The molecule has 1 aliphatic carbocycles. The molecule has 22 heavy (non-hydrogen) atoms. The molecule has 3 nitrogen and oxygen atoms in total. The van der Waals surface area contributed by atoms with E-state index in [-0.39, 0.29) is 6.61 Å². The van der Waals surface area contributed by atoms with Crippen molar-refractivity contribution in [2.75, 3.05) is 6.61 Å². The third-order valence-corrected chi connectivity index (χ3v) is 3.86. The summed E-state index contributed by atoms with van der Waals surface area (Å²) in [4.78, 5) is 10.8. The predicted octanol–water partition coefficient (Wildman–Crippen LogP) is 4.95. The Kier molecular flexibility index (Phi) is 5.69. The SMILES string of the molecule is O=C(OCCCc1ccccc1C1CCCC1)OC(F)(F)F. The molecular formula is C16H19F3O3. The highest BCUT2D eigenvalue weighted by atomic mass is 19.4. The van der Waals surface area contributed by atoms with Crippen LogP contribution >= 0.6 is 0 Å². The highest BCUT2D eigenvalue weighted by Crippen LogP contribution is 2.36. The average Bonchev–Trinajstić information content (AvgIpc) is 2.96. The number of aryl methyl sites for hydroxylation is 1. The van der Waals surface area contributed by atoms with Crippen molar-refractivity contribution in [3.05, 3.63) is 35.4 Å². The van der Waals surface area contributed by atoms with Gasteiger partial charge in [-0.05, 0) is 42.7 Å². The van der Waals surface area contributed by atoms with Gasteiger partial charge in [-0.3, -0.25) is 0 Å². The van der Waals surface area contributed by atoms with Crippen LogP contribution in [0.5, 0.6) is 0 Å². The quantitative estimate of drug-likeness (QED) is 0.569. The number of rotatable bonds is 5. The van der Waals surface area contributed by atoms with Crippen molar-refractivity contribution in [3.8, 4) is 0 Å². The van der Waals surface area contributed by atoms with Crippen molar-refractivity contribution in [3.63, 3.8) is 0 Å². The summed E-state index contributed by atoms with van der Waals surface area (Å²) < 4.78 is 42.9. The summed E-state index contributed by atoms with van der Waals surface area (Å²) in [6, 6.07) is 8.10. The number of carbonyl (C=O) groups is 1. The number of ether oxygens (including phenoxy) is 2. The lowest BCUT2D eigenvalue weighted by molar-refractivity contribution is -0.299. The van der Waals surface area contributed by atoms with E-state index in [0.29, 0.717) is 18.8 Å². The van der Waals surface area contributed by atoms with Crippen molar-refractivity contribution in [2.24, 2.45) is 0 Å². The molecule has 0 aromatic heterocycles. The number of hydrogen-bond donors (Lipinski definition) is 0. The molecule has 1 fully saturated rings. The van der Waals surface area contributed by atoms with Gasteiger partial charge in [0, 0.05) is 0 Å². The third kappa shape index (κ3) is 5.24. The molecule has 0 radical (unpaired) electrons. The van der Waals surface area contributed by atoms with E-state index >= 15 is 0 Å². The Hall–Kier alpha value is -1.72. The first kappa shape index (κ1) is 16.6. The summed E-state index contributed by atoms with van der Waals surface area (Å²) in [6.07, 6.45) is -0.695. The number of halogens is 3. The fourth-order valence-electron chi connectivity index (χ4n) is 2.94. The van der Waals surface area contributed by atoms with E-state index in [1.54, 1.807) is 0 Å². The van der Waals surface area contributed by atoms with Crippen LogP contribution in [0.2, 0.25) is 0 Å². The molecular weight excluding hydrogens is 297 g/mol. The molecule has 122 valence electrons. The molecule has 0 amide bonds. The van der Waals surface area contributed by atoms with E-state index in [9.17, 15) is 18.0 Å². The summed E-state index contributed by atoms with van der Waals surface area (Å²) in [6.45, 7) is -0.0894. The van der Waals surface area contributed by atoms with Gasteiger partial charge in [0.15, 0.2) is 0 Å². The van der Waals surface area contributed by atoms with E-state index < -0.39 is 12.5 Å². The maximum absolute atomic E-state index is 11.8. The topological polar surface area (TPSA) is 35.5 Å². The highest BCUT2D eigenvalue weighted by Gasteiger charge is 2.34. The molecule has 0 unspecified atom stereocenters. The molecule has 0 aliphatic heterocycles. The molecule has 0 N–H and O–H groups in total. The normalized spacial score (nSPS) is 15.8. The fraction of sp³-hybridized carbons (Fsp3) is 0.562. The number of benzene rings is 1. The summed E-state index contributed by atoms with van der Waals surface area (Å²) in [5, 5.41) is 0. The standard InChI is InChI=1S/C16H19F3O3/c17-16(18,19)22-15(20)21-11-5-9-13-8-3-4-10-14(13)12-6-1-2-7-12/h3-4,8,10,12H,1-2,5-7,9,11H2. The molecule has 1 saturated carbocycles. The fourth-order valence-corrected chi connectivity index (χ4v) is 2.94. The Morgan fingerprint density at radius 3 is 2.55 bits per heavy atom. The molecule has 0 spiro atoms. The molecule has 0 bridgehead atoms. The van der Waals surface area contributed by atoms with Crippen LogP contribution in [-0.4, -0.2) is 19.1 Å². The second-order valence-corrected chi connectivity index (χ2v) is 5.43.